The molecule has 1 amide bonds. The number of nitrogens with one attached hydrogen (secondary N) is 1. The number of hydrogen-bond acceptors (Lipinski definition) is 3. The molecule has 22 heavy (non-hydrogen) atoms. The average Bonchev–Trinajstić information content (AvgIpc) is 2.95. The highest BCUT2D eigenvalue weighted by molar-refractivity contribution is 6.30. The van der Waals surface area contributed by atoms with Gasteiger partial charge in [-0.2, -0.15) is 5.10 Å². The lowest BCUT2D eigenvalue weighted by atomic mass is 10.2. The Morgan fingerprint density at radius 1 is 1.23 bits per heavy atom. The fraction of sp³-hybridized carbons (Fsp3) is 0.0625. The fourth-order valence-electron chi connectivity index (χ4n) is 2.04. The van der Waals surface area contributed by atoms with Gasteiger partial charge < -0.3 is 5.32 Å². The predicted octanol–water partition coefficient (Wildman–Crippen LogP) is 3.23. The SMILES string of the molecule is O=C(Nc1cnn(Cc2cccc(Cl)c2)c1)c1ccncc1. The van der Waals surface area contributed by atoms with Crippen molar-refractivity contribution >= 4 is 23.2 Å². The van der Waals surface area contributed by atoms with Gasteiger partial charge in [-0.3, -0.25) is 14.5 Å². The van der Waals surface area contributed by atoms with E-state index in [1.807, 2.05) is 24.3 Å². The molecule has 0 spiro atoms. The number of anilines is 1. The van der Waals surface area contributed by atoms with Crippen LogP contribution in [0, 0.1) is 0 Å². The summed E-state index contributed by atoms with van der Waals surface area (Å²) < 4.78 is 1.74. The third kappa shape index (κ3) is 3.51. The number of carbonyl (C=O) groups excluding carboxylic acids is 1. The van der Waals surface area contributed by atoms with Gasteiger partial charge in [0.2, 0.25) is 0 Å². The van der Waals surface area contributed by atoms with Gasteiger partial charge in [0.1, 0.15) is 0 Å². The number of amides is 1. The molecule has 0 unspecified atom stereocenters. The minimum Gasteiger partial charge on any atom is -0.319 e. The number of carbonyl (C=O) groups is 1. The van der Waals surface area contributed by atoms with E-state index in [9.17, 15) is 4.79 Å². The highest BCUT2D eigenvalue weighted by Gasteiger charge is 2.07. The van der Waals surface area contributed by atoms with Gasteiger partial charge >= 0.3 is 0 Å². The summed E-state index contributed by atoms with van der Waals surface area (Å²) in [7, 11) is 0. The number of rotatable bonds is 4. The van der Waals surface area contributed by atoms with Crippen LogP contribution in [0.1, 0.15) is 15.9 Å². The number of benzene rings is 1. The Kier molecular flexibility index (Phi) is 4.16. The van der Waals surface area contributed by atoms with Crippen molar-refractivity contribution in [2.45, 2.75) is 6.54 Å². The van der Waals surface area contributed by atoms with Crippen LogP contribution in [0.15, 0.2) is 61.2 Å². The molecule has 0 fully saturated rings. The minimum absolute atomic E-state index is 0.190. The summed E-state index contributed by atoms with van der Waals surface area (Å²) in [5, 5.41) is 7.72. The van der Waals surface area contributed by atoms with Crippen molar-refractivity contribution in [3.63, 3.8) is 0 Å². The molecule has 0 aliphatic heterocycles. The molecule has 3 rings (SSSR count). The van der Waals surface area contributed by atoms with Gasteiger partial charge in [-0.25, -0.2) is 0 Å². The molecule has 0 atom stereocenters. The molecular weight excluding hydrogens is 300 g/mol. The van der Waals surface area contributed by atoms with E-state index < -0.39 is 0 Å². The van der Waals surface area contributed by atoms with Crippen LogP contribution >= 0.6 is 11.6 Å². The van der Waals surface area contributed by atoms with Crippen molar-refractivity contribution in [3.05, 3.63) is 77.3 Å². The van der Waals surface area contributed by atoms with Gasteiger partial charge in [-0.1, -0.05) is 23.7 Å². The first-order valence-electron chi connectivity index (χ1n) is 6.69. The topological polar surface area (TPSA) is 59.8 Å². The number of pyridine rings is 1. The Balaban J connectivity index is 1.68. The Labute approximate surface area is 132 Å². The first-order chi connectivity index (χ1) is 10.7. The summed E-state index contributed by atoms with van der Waals surface area (Å²) >= 11 is 5.96. The Morgan fingerprint density at radius 2 is 2.05 bits per heavy atom. The van der Waals surface area contributed by atoms with Crippen molar-refractivity contribution in [1.82, 2.24) is 14.8 Å². The molecule has 0 aliphatic rings. The molecule has 1 aromatic carbocycles. The lowest BCUT2D eigenvalue weighted by Gasteiger charge is -2.03. The summed E-state index contributed by atoms with van der Waals surface area (Å²) in [6.45, 7) is 0.589. The number of hydrogen-bond donors (Lipinski definition) is 1. The van der Waals surface area contributed by atoms with Crippen LogP contribution in [0.4, 0.5) is 5.69 Å². The quantitative estimate of drug-likeness (QED) is 0.804. The van der Waals surface area contributed by atoms with Crippen molar-refractivity contribution in [2.24, 2.45) is 0 Å². The van der Waals surface area contributed by atoms with Gasteiger partial charge in [-0.15, -0.1) is 0 Å². The average molecular weight is 313 g/mol. The Hall–Kier alpha value is -2.66. The van der Waals surface area contributed by atoms with E-state index in [-0.39, 0.29) is 5.91 Å². The lowest BCUT2D eigenvalue weighted by Crippen LogP contribution is -2.11. The van der Waals surface area contributed by atoms with Crippen LogP contribution in [0.25, 0.3) is 0 Å². The molecule has 110 valence electrons. The van der Waals surface area contributed by atoms with E-state index >= 15 is 0 Å². The number of halogens is 1. The molecule has 0 saturated heterocycles. The maximum atomic E-state index is 12.0. The highest BCUT2D eigenvalue weighted by Crippen LogP contribution is 2.13. The first kappa shape index (κ1) is 14.3. The summed E-state index contributed by atoms with van der Waals surface area (Å²) in [6, 6.07) is 10.9. The predicted molar refractivity (Wildman–Crippen MR) is 85.0 cm³/mol. The largest absolute Gasteiger partial charge is 0.319 e. The smallest absolute Gasteiger partial charge is 0.255 e. The zero-order chi connectivity index (χ0) is 15.4. The lowest BCUT2D eigenvalue weighted by molar-refractivity contribution is 0.102. The maximum Gasteiger partial charge on any atom is 0.255 e. The van der Waals surface area contributed by atoms with Crippen LogP contribution in [0.5, 0.6) is 0 Å². The second kappa shape index (κ2) is 6.41. The van der Waals surface area contributed by atoms with Crippen molar-refractivity contribution in [1.29, 1.82) is 0 Å². The fourth-order valence-corrected chi connectivity index (χ4v) is 2.26. The molecule has 0 bridgehead atoms. The maximum absolute atomic E-state index is 12.0. The zero-order valence-corrected chi connectivity index (χ0v) is 12.4. The normalized spacial score (nSPS) is 10.4. The van der Waals surface area contributed by atoms with E-state index in [1.165, 1.54) is 0 Å². The third-order valence-electron chi connectivity index (χ3n) is 3.07. The van der Waals surface area contributed by atoms with Crippen LogP contribution in [-0.2, 0) is 6.54 Å². The summed E-state index contributed by atoms with van der Waals surface area (Å²) in [4.78, 5) is 15.9. The molecule has 0 aliphatic carbocycles. The van der Waals surface area contributed by atoms with Crippen molar-refractivity contribution in [3.8, 4) is 0 Å². The number of aromatic nitrogens is 3. The standard InChI is InChI=1S/C16H13ClN4O/c17-14-3-1-2-12(8-14)10-21-11-15(9-19-21)20-16(22)13-4-6-18-7-5-13/h1-9,11H,10H2,(H,20,22). The van der Waals surface area contributed by atoms with Gasteiger partial charge in [0.25, 0.3) is 5.91 Å². The van der Waals surface area contributed by atoms with Crippen LogP contribution in [0.2, 0.25) is 5.02 Å². The van der Waals surface area contributed by atoms with Gasteiger partial charge in [0, 0.05) is 29.2 Å². The molecule has 1 N–H and O–H groups in total. The summed E-state index contributed by atoms with van der Waals surface area (Å²) in [5.74, 6) is -0.190. The van der Waals surface area contributed by atoms with Gasteiger partial charge in [0.05, 0.1) is 18.4 Å². The van der Waals surface area contributed by atoms with Crippen molar-refractivity contribution < 1.29 is 4.79 Å². The zero-order valence-electron chi connectivity index (χ0n) is 11.6. The Bertz CT molecular complexity index is 786. The molecule has 2 aromatic heterocycles. The van der Waals surface area contributed by atoms with Crippen LogP contribution < -0.4 is 5.32 Å². The molecule has 2 heterocycles. The van der Waals surface area contributed by atoms with Gasteiger partial charge in [-0.05, 0) is 29.8 Å². The second-order valence-corrected chi connectivity index (χ2v) is 5.18. The second-order valence-electron chi connectivity index (χ2n) is 4.75. The summed E-state index contributed by atoms with van der Waals surface area (Å²) in [5.41, 5.74) is 2.24. The number of nitrogens with zero attached hydrogens (tertiary/aromatic N) is 3. The van der Waals surface area contributed by atoms with Crippen molar-refractivity contribution in [2.75, 3.05) is 5.32 Å². The first-order valence-corrected chi connectivity index (χ1v) is 7.07. The van der Waals surface area contributed by atoms with E-state index in [4.69, 9.17) is 11.6 Å². The molecular formula is C16H13ClN4O. The van der Waals surface area contributed by atoms with Crippen LogP contribution in [0.3, 0.4) is 0 Å². The van der Waals surface area contributed by atoms with E-state index in [2.05, 4.69) is 15.4 Å². The highest BCUT2D eigenvalue weighted by atomic mass is 35.5. The monoisotopic (exact) mass is 312 g/mol. The molecule has 3 aromatic rings. The molecule has 0 saturated carbocycles. The Morgan fingerprint density at radius 3 is 2.82 bits per heavy atom. The van der Waals surface area contributed by atoms with Crippen LogP contribution in [-0.4, -0.2) is 20.7 Å². The molecule has 6 heteroatoms. The van der Waals surface area contributed by atoms with E-state index in [0.29, 0.717) is 22.8 Å². The summed E-state index contributed by atoms with van der Waals surface area (Å²) in [6.07, 6.45) is 6.55. The molecule has 5 nitrogen and oxygen atoms in total. The van der Waals surface area contributed by atoms with Gasteiger partial charge in [0.15, 0.2) is 0 Å². The van der Waals surface area contributed by atoms with E-state index in [1.54, 1.807) is 41.6 Å². The molecule has 0 radical (unpaired) electrons. The van der Waals surface area contributed by atoms with E-state index in [0.717, 1.165) is 5.56 Å². The third-order valence-corrected chi connectivity index (χ3v) is 3.30. The minimum atomic E-state index is -0.190.